The molecule has 21 heavy (non-hydrogen) atoms. The van der Waals surface area contributed by atoms with Crippen molar-refractivity contribution in [2.45, 2.75) is 38.3 Å². The molecule has 1 unspecified atom stereocenters. The summed E-state index contributed by atoms with van der Waals surface area (Å²) in [6.45, 7) is 1.36. The van der Waals surface area contributed by atoms with Crippen LogP contribution in [0.4, 0.5) is 0 Å². The molecule has 1 aliphatic heterocycles. The second-order valence-corrected chi connectivity index (χ2v) is 5.32. The van der Waals surface area contributed by atoms with E-state index in [0.29, 0.717) is 24.3 Å². The largest absolute Gasteiger partial charge is 0.495 e. The fourth-order valence-electron chi connectivity index (χ4n) is 2.80. The zero-order valence-corrected chi connectivity index (χ0v) is 12.2. The third-order valence-electron chi connectivity index (χ3n) is 3.92. The average Bonchev–Trinajstić information content (AvgIpc) is 2.72. The van der Waals surface area contributed by atoms with Gasteiger partial charge in [-0.2, -0.15) is 5.26 Å². The van der Waals surface area contributed by atoms with E-state index in [4.69, 9.17) is 10.00 Å². The lowest BCUT2D eigenvalue weighted by molar-refractivity contribution is -0.143. The molecule has 5 heteroatoms. The highest BCUT2D eigenvalue weighted by Gasteiger charge is 2.27. The number of likely N-dealkylation sites (tertiary alicyclic amines) is 1. The first kappa shape index (κ1) is 15.3. The van der Waals surface area contributed by atoms with Gasteiger partial charge >= 0.3 is 5.97 Å². The van der Waals surface area contributed by atoms with Gasteiger partial charge in [0.05, 0.1) is 12.7 Å². The van der Waals surface area contributed by atoms with Crippen LogP contribution in [-0.4, -0.2) is 35.7 Å². The molecule has 0 aliphatic carbocycles. The van der Waals surface area contributed by atoms with E-state index >= 15 is 0 Å². The summed E-state index contributed by atoms with van der Waals surface area (Å²) < 4.78 is 5.21. The zero-order valence-electron chi connectivity index (χ0n) is 12.2. The van der Waals surface area contributed by atoms with Crippen molar-refractivity contribution in [3.05, 3.63) is 29.3 Å². The van der Waals surface area contributed by atoms with Crippen LogP contribution in [-0.2, 0) is 11.3 Å². The maximum Gasteiger partial charge on any atom is 0.320 e. The molecule has 1 saturated heterocycles. The van der Waals surface area contributed by atoms with Gasteiger partial charge in [-0.05, 0) is 37.1 Å². The van der Waals surface area contributed by atoms with Crippen molar-refractivity contribution >= 4 is 5.97 Å². The summed E-state index contributed by atoms with van der Waals surface area (Å²) in [7, 11) is 1.53. The van der Waals surface area contributed by atoms with Crippen LogP contribution in [0.2, 0.25) is 0 Å². The minimum Gasteiger partial charge on any atom is -0.495 e. The first-order valence-corrected chi connectivity index (χ1v) is 7.19. The lowest BCUT2D eigenvalue weighted by Crippen LogP contribution is -2.40. The number of carboxylic acid groups (broad SMARTS) is 1. The molecule has 1 aromatic carbocycles. The average molecular weight is 288 g/mol. The molecule has 0 radical (unpaired) electrons. The van der Waals surface area contributed by atoms with Crippen molar-refractivity contribution in [3.63, 3.8) is 0 Å². The highest BCUT2D eigenvalue weighted by atomic mass is 16.5. The Hall–Kier alpha value is -2.06. The molecule has 112 valence electrons. The second-order valence-electron chi connectivity index (χ2n) is 5.32. The van der Waals surface area contributed by atoms with E-state index in [-0.39, 0.29) is 0 Å². The number of nitriles is 1. The predicted molar refractivity (Wildman–Crippen MR) is 78.0 cm³/mol. The first-order valence-electron chi connectivity index (χ1n) is 7.19. The number of hydrogen-bond donors (Lipinski definition) is 1. The Kier molecular flexibility index (Phi) is 5.18. The molecule has 0 spiro atoms. The first-order chi connectivity index (χ1) is 10.2. The van der Waals surface area contributed by atoms with Crippen molar-refractivity contribution < 1.29 is 14.6 Å². The lowest BCUT2D eigenvalue weighted by atomic mass is 10.1. The Bertz CT molecular complexity index is 551. The quantitative estimate of drug-likeness (QED) is 0.921. The van der Waals surface area contributed by atoms with Gasteiger partial charge in [0.15, 0.2) is 0 Å². The molecule has 0 amide bonds. The standard InChI is InChI=1S/C16H20N2O3/c1-21-15-9-12(6-7-13(15)10-17)11-18-8-4-2-3-5-14(18)16(19)20/h6-7,9,14H,2-5,8,11H2,1H3,(H,19,20). The van der Waals surface area contributed by atoms with E-state index in [0.717, 1.165) is 31.4 Å². The van der Waals surface area contributed by atoms with E-state index in [1.165, 1.54) is 7.11 Å². The Morgan fingerprint density at radius 2 is 2.29 bits per heavy atom. The third kappa shape index (κ3) is 3.73. The van der Waals surface area contributed by atoms with E-state index in [1.807, 2.05) is 17.0 Å². The van der Waals surface area contributed by atoms with Crippen molar-refractivity contribution in [2.24, 2.45) is 0 Å². The molecule has 2 rings (SSSR count). The van der Waals surface area contributed by atoms with Crippen LogP contribution >= 0.6 is 0 Å². The van der Waals surface area contributed by atoms with E-state index < -0.39 is 12.0 Å². The summed E-state index contributed by atoms with van der Waals surface area (Å²) in [5, 5.41) is 18.4. The van der Waals surface area contributed by atoms with Crippen molar-refractivity contribution in [1.29, 1.82) is 5.26 Å². The van der Waals surface area contributed by atoms with Crippen LogP contribution in [0, 0.1) is 11.3 Å². The number of methoxy groups -OCH3 is 1. The van der Waals surface area contributed by atoms with Gasteiger partial charge in [0, 0.05) is 6.54 Å². The molecule has 1 fully saturated rings. The molecule has 5 nitrogen and oxygen atoms in total. The lowest BCUT2D eigenvalue weighted by Gasteiger charge is -2.26. The second kappa shape index (κ2) is 7.09. The van der Waals surface area contributed by atoms with Gasteiger partial charge in [-0.3, -0.25) is 9.69 Å². The molecule has 1 atom stereocenters. The Morgan fingerprint density at radius 3 is 2.95 bits per heavy atom. The number of benzene rings is 1. The van der Waals surface area contributed by atoms with Crippen LogP contribution < -0.4 is 4.74 Å². The fourth-order valence-corrected chi connectivity index (χ4v) is 2.80. The van der Waals surface area contributed by atoms with Gasteiger partial charge < -0.3 is 9.84 Å². The number of rotatable bonds is 4. The Balaban J connectivity index is 2.18. The van der Waals surface area contributed by atoms with Crippen LogP contribution in [0.5, 0.6) is 5.75 Å². The van der Waals surface area contributed by atoms with E-state index in [2.05, 4.69) is 6.07 Å². The summed E-state index contributed by atoms with van der Waals surface area (Å²) in [5.74, 6) is -0.214. The van der Waals surface area contributed by atoms with Gasteiger partial charge in [-0.15, -0.1) is 0 Å². The molecule has 0 aromatic heterocycles. The number of ether oxygens (including phenoxy) is 1. The number of carboxylic acids is 1. The topological polar surface area (TPSA) is 73.6 Å². The summed E-state index contributed by atoms with van der Waals surface area (Å²) in [6, 6.07) is 7.07. The van der Waals surface area contributed by atoms with Crippen LogP contribution in [0.1, 0.15) is 36.8 Å². The molecule has 0 saturated carbocycles. The van der Waals surface area contributed by atoms with Gasteiger partial charge in [-0.1, -0.05) is 18.9 Å². The monoisotopic (exact) mass is 288 g/mol. The summed E-state index contributed by atoms with van der Waals surface area (Å²) in [5.41, 5.74) is 1.46. The van der Waals surface area contributed by atoms with Crippen molar-refractivity contribution in [2.75, 3.05) is 13.7 Å². The van der Waals surface area contributed by atoms with Crippen molar-refractivity contribution in [3.8, 4) is 11.8 Å². The highest BCUT2D eigenvalue weighted by Crippen LogP contribution is 2.23. The SMILES string of the molecule is COc1cc(CN2CCCCCC2C(=O)O)ccc1C#N. The molecule has 1 heterocycles. The third-order valence-corrected chi connectivity index (χ3v) is 3.92. The van der Waals surface area contributed by atoms with Crippen molar-refractivity contribution in [1.82, 2.24) is 4.90 Å². The summed E-state index contributed by atoms with van der Waals surface area (Å²) >= 11 is 0. The van der Waals surface area contributed by atoms with Gasteiger partial charge in [0.2, 0.25) is 0 Å². The summed E-state index contributed by atoms with van der Waals surface area (Å²) in [4.78, 5) is 13.4. The predicted octanol–water partition coefficient (Wildman–Crippen LogP) is 2.40. The molecule has 0 bridgehead atoms. The number of carbonyl (C=O) groups is 1. The molecular weight excluding hydrogens is 268 g/mol. The maximum absolute atomic E-state index is 11.4. The van der Waals surface area contributed by atoms with Gasteiger partial charge in [-0.25, -0.2) is 0 Å². The van der Waals surface area contributed by atoms with Gasteiger partial charge in [0.25, 0.3) is 0 Å². The molecular formula is C16H20N2O3. The zero-order chi connectivity index (χ0) is 15.2. The molecule has 1 aliphatic rings. The van der Waals surface area contributed by atoms with Crippen LogP contribution in [0.3, 0.4) is 0 Å². The Morgan fingerprint density at radius 1 is 1.48 bits per heavy atom. The fraction of sp³-hybridized carbons (Fsp3) is 0.500. The maximum atomic E-state index is 11.4. The normalized spacial score (nSPS) is 19.5. The molecule has 1 N–H and O–H groups in total. The van der Waals surface area contributed by atoms with Crippen LogP contribution in [0.15, 0.2) is 18.2 Å². The summed E-state index contributed by atoms with van der Waals surface area (Å²) in [6.07, 6.45) is 3.76. The smallest absolute Gasteiger partial charge is 0.320 e. The highest BCUT2D eigenvalue weighted by molar-refractivity contribution is 5.73. The van der Waals surface area contributed by atoms with E-state index in [1.54, 1.807) is 6.07 Å². The minimum absolute atomic E-state index is 0.422. The minimum atomic E-state index is -0.752. The Labute approximate surface area is 124 Å². The number of nitrogens with zero attached hydrogens (tertiary/aromatic N) is 2. The number of hydrogen-bond acceptors (Lipinski definition) is 4. The molecule has 1 aromatic rings. The van der Waals surface area contributed by atoms with E-state index in [9.17, 15) is 9.90 Å². The van der Waals surface area contributed by atoms with Gasteiger partial charge in [0.1, 0.15) is 17.9 Å². The van der Waals surface area contributed by atoms with Crippen LogP contribution in [0.25, 0.3) is 0 Å². The number of aliphatic carboxylic acids is 1.